The Kier molecular flexibility index (Phi) is 4.98. The van der Waals surface area contributed by atoms with Crippen molar-refractivity contribution in [3.05, 3.63) is 35.9 Å². The number of benzene rings is 1. The summed E-state index contributed by atoms with van der Waals surface area (Å²) in [5, 5.41) is 2.69. The van der Waals surface area contributed by atoms with Crippen LogP contribution in [0.2, 0.25) is 0 Å². The second kappa shape index (κ2) is 6.92. The molecule has 1 atom stereocenters. The molecule has 0 aromatic heterocycles. The Morgan fingerprint density at radius 3 is 2.71 bits per heavy atom. The van der Waals surface area contributed by atoms with E-state index in [1.807, 2.05) is 12.1 Å². The van der Waals surface area contributed by atoms with Gasteiger partial charge in [0.05, 0.1) is 0 Å². The molecule has 0 spiro atoms. The van der Waals surface area contributed by atoms with Crippen LogP contribution in [0.25, 0.3) is 6.08 Å². The molecular weight excluding hydrogens is 266 g/mol. The molecule has 5 nitrogen and oxygen atoms in total. The van der Waals surface area contributed by atoms with Crippen molar-refractivity contribution in [2.75, 3.05) is 18.8 Å². The highest BCUT2D eigenvalue weighted by molar-refractivity contribution is 5.95. The Bertz CT molecular complexity index is 548. The van der Waals surface area contributed by atoms with E-state index in [1.165, 1.54) is 6.08 Å². The molecule has 2 rings (SSSR count). The van der Waals surface area contributed by atoms with Crippen LogP contribution in [0.1, 0.15) is 25.3 Å². The van der Waals surface area contributed by atoms with Crippen molar-refractivity contribution in [3.8, 4) is 0 Å². The van der Waals surface area contributed by atoms with Crippen molar-refractivity contribution in [1.29, 1.82) is 0 Å². The Balaban J connectivity index is 1.87. The number of amides is 2. The van der Waals surface area contributed by atoms with Gasteiger partial charge in [0.15, 0.2) is 0 Å². The van der Waals surface area contributed by atoms with Crippen molar-refractivity contribution in [2.24, 2.45) is 0 Å². The van der Waals surface area contributed by atoms with Gasteiger partial charge in [-0.3, -0.25) is 9.59 Å². The van der Waals surface area contributed by atoms with Gasteiger partial charge in [0.25, 0.3) is 0 Å². The minimum atomic E-state index is -0.499. The summed E-state index contributed by atoms with van der Waals surface area (Å²) in [5.74, 6) is -0.296. The lowest BCUT2D eigenvalue weighted by atomic mass is 10.2. The summed E-state index contributed by atoms with van der Waals surface area (Å²) in [6, 6.07) is 6.75. The number of anilines is 1. The SMILES string of the molecule is CC(NC(=O)/C=C/c1cccc(N)c1)C(=O)N1CCCC1. The van der Waals surface area contributed by atoms with E-state index in [-0.39, 0.29) is 11.8 Å². The Morgan fingerprint density at radius 1 is 1.33 bits per heavy atom. The topological polar surface area (TPSA) is 75.4 Å². The number of hydrogen-bond acceptors (Lipinski definition) is 3. The highest BCUT2D eigenvalue weighted by Crippen LogP contribution is 2.10. The third-order valence-electron chi connectivity index (χ3n) is 3.48. The zero-order chi connectivity index (χ0) is 15.2. The largest absolute Gasteiger partial charge is 0.399 e. The molecule has 112 valence electrons. The van der Waals surface area contributed by atoms with Gasteiger partial charge in [-0.25, -0.2) is 0 Å². The summed E-state index contributed by atoms with van der Waals surface area (Å²) < 4.78 is 0. The summed E-state index contributed by atoms with van der Waals surface area (Å²) in [4.78, 5) is 25.7. The van der Waals surface area contributed by atoms with Crippen molar-refractivity contribution >= 4 is 23.6 Å². The molecule has 1 fully saturated rings. The molecule has 3 N–H and O–H groups in total. The number of nitrogens with two attached hydrogens (primary N) is 1. The van der Waals surface area contributed by atoms with Crippen LogP contribution in [0.3, 0.4) is 0 Å². The Hall–Kier alpha value is -2.30. The monoisotopic (exact) mass is 287 g/mol. The molecule has 1 unspecified atom stereocenters. The van der Waals surface area contributed by atoms with Crippen molar-refractivity contribution in [3.63, 3.8) is 0 Å². The lowest BCUT2D eigenvalue weighted by Crippen LogP contribution is -2.45. The van der Waals surface area contributed by atoms with E-state index in [9.17, 15) is 9.59 Å². The van der Waals surface area contributed by atoms with Gasteiger partial charge in [-0.2, -0.15) is 0 Å². The zero-order valence-corrected chi connectivity index (χ0v) is 12.2. The summed E-state index contributed by atoms with van der Waals surface area (Å²) in [7, 11) is 0. The number of nitrogen functional groups attached to an aromatic ring is 1. The van der Waals surface area contributed by atoms with Crippen LogP contribution in [-0.2, 0) is 9.59 Å². The molecular formula is C16H21N3O2. The first-order chi connectivity index (χ1) is 10.1. The van der Waals surface area contributed by atoms with Gasteiger partial charge in [0.1, 0.15) is 6.04 Å². The van der Waals surface area contributed by atoms with Crippen LogP contribution >= 0.6 is 0 Å². The summed E-state index contributed by atoms with van der Waals surface area (Å²) in [6.45, 7) is 3.29. The fourth-order valence-electron chi connectivity index (χ4n) is 2.37. The number of carbonyl (C=O) groups excluding carboxylic acids is 2. The number of carbonyl (C=O) groups is 2. The molecule has 0 radical (unpaired) electrons. The lowest BCUT2D eigenvalue weighted by molar-refractivity contribution is -0.134. The van der Waals surface area contributed by atoms with Crippen molar-refractivity contribution < 1.29 is 9.59 Å². The van der Waals surface area contributed by atoms with Gasteiger partial charge < -0.3 is 16.0 Å². The molecule has 0 bridgehead atoms. The number of hydrogen-bond donors (Lipinski definition) is 2. The maximum Gasteiger partial charge on any atom is 0.244 e. The second-order valence-electron chi connectivity index (χ2n) is 5.27. The molecule has 1 aliphatic heterocycles. The van der Waals surface area contributed by atoms with Crippen LogP contribution in [0.5, 0.6) is 0 Å². The van der Waals surface area contributed by atoms with Crippen molar-refractivity contribution in [2.45, 2.75) is 25.8 Å². The minimum absolute atomic E-state index is 0.0156. The van der Waals surface area contributed by atoms with Gasteiger partial charge in [-0.1, -0.05) is 12.1 Å². The molecule has 1 aromatic carbocycles. The Morgan fingerprint density at radius 2 is 2.05 bits per heavy atom. The van der Waals surface area contributed by atoms with Crippen LogP contribution in [-0.4, -0.2) is 35.8 Å². The number of likely N-dealkylation sites (tertiary alicyclic amines) is 1. The van der Waals surface area contributed by atoms with Crippen LogP contribution in [0.15, 0.2) is 30.3 Å². The first-order valence-corrected chi connectivity index (χ1v) is 7.19. The first kappa shape index (κ1) is 15.1. The predicted molar refractivity (Wildman–Crippen MR) is 83.3 cm³/mol. The Labute approximate surface area is 124 Å². The standard InChI is InChI=1S/C16H21N3O2/c1-12(16(21)19-9-2-3-10-19)18-15(20)8-7-13-5-4-6-14(17)11-13/h4-8,11-12H,2-3,9-10,17H2,1H3,(H,18,20)/b8-7+. The molecule has 21 heavy (non-hydrogen) atoms. The van der Waals surface area contributed by atoms with E-state index in [0.29, 0.717) is 5.69 Å². The lowest BCUT2D eigenvalue weighted by Gasteiger charge is -2.20. The third-order valence-corrected chi connectivity index (χ3v) is 3.48. The second-order valence-corrected chi connectivity index (χ2v) is 5.27. The number of nitrogens with one attached hydrogen (secondary N) is 1. The predicted octanol–water partition coefficient (Wildman–Crippen LogP) is 1.41. The fraction of sp³-hybridized carbons (Fsp3) is 0.375. The fourth-order valence-corrected chi connectivity index (χ4v) is 2.37. The highest BCUT2D eigenvalue weighted by atomic mass is 16.2. The van der Waals surface area contributed by atoms with Crippen LogP contribution in [0.4, 0.5) is 5.69 Å². The highest BCUT2D eigenvalue weighted by Gasteiger charge is 2.23. The minimum Gasteiger partial charge on any atom is -0.399 e. The third kappa shape index (κ3) is 4.34. The summed E-state index contributed by atoms with van der Waals surface area (Å²) >= 11 is 0. The van der Waals surface area contributed by atoms with E-state index in [4.69, 9.17) is 5.73 Å². The molecule has 1 aliphatic rings. The van der Waals surface area contributed by atoms with E-state index in [0.717, 1.165) is 31.5 Å². The van der Waals surface area contributed by atoms with E-state index in [1.54, 1.807) is 30.0 Å². The zero-order valence-electron chi connectivity index (χ0n) is 12.2. The average molecular weight is 287 g/mol. The van der Waals surface area contributed by atoms with Gasteiger partial charge >= 0.3 is 0 Å². The maximum atomic E-state index is 12.1. The van der Waals surface area contributed by atoms with E-state index < -0.39 is 6.04 Å². The normalized spacial score (nSPS) is 16.1. The average Bonchev–Trinajstić information content (AvgIpc) is 2.98. The smallest absolute Gasteiger partial charge is 0.244 e. The van der Waals surface area contributed by atoms with Gasteiger partial charge in [0, 0.05) is 24.9 Å². The molecule has 1 heterocycles. The molecule has 5 heteroatoms. The van der Waals surface area contributed by atoms with E-state index >= 15 is 0 Å². The maximum absolute atomic E-state index is 12.1. The molecule has 0 aliphatic carbocycles. The van der Waals surface area contributed by atoms with E-state index in [2.05, 4.69) is 5.32 Å². The van der Waals surface area contributed by atoms with Crippen LogP contribution < -0.4 is 11.1 Å². The van der Waals surface area contributed by atoms with Crippen LogP contribution in [0, 0.1) is 0 Å². The van der Waals surface area contributed by atoms with Crippen molar-refractivity contribution in [1.82, 2.24) is 10.2 Å². The number of nitrogens with zero attached hydrogens (tertiary/aromatic N) is 1. The van der Waals surface area contributed by atoms with Gasteiger partial charge in [0.2, 0.25) is 11.8 Å². The van der Waals surface area contributed by atoms with Gasteiger partial charge in [-0.05, 0) is 43.5 Å². The first-order valence-electron chi connectivity index (χ1n) is 7.19. The quantitative estimate of drug-likeness (QED) is 0.649. The molecule has 1 aromatic rings. The van der Waals surface area contributed by atoms with Gasteiger partial charge in [-0.15, -0.1) is 0 Å². The summed E-state index contributed by atoms with van der Waals surface area (Å²) in [6.07, 6.45) is 5.19. The molecule has 2 amide bonds. The number of rotatable bonds is 4. The summed E-state index contributed by atoms with van der Waals surface area (Å²) in [5.41, 5.74) is 7.17. The molecule has 0 saturated carbocycles. The molecule has 1 saturated heterocycles.